The van der Waals surface area contributed by atoms with Gasteiger partial charge in [-0.05, 0) is 51.0 Å². The topological polar surface area (TPSA) is 73.3 Å². The van der Waals surface area contributed by atoms with Gasteiger partial charge in [-0.2, -0.15) is 13.2 Å². The third kappa shape index (κ3) is 17.3. The van der Waals surface area contributed by atoms with Crippen LogP contribution in [0.15, 0.2) is 29.3 Å². The highest BCUT2D eigenvalue weighted by molar-refractivity contribution is 14.0. The summed E-state index contributed by atoms with van der Waals surface area (Å²) < 4.78 is 56.9. The molecule has 0 aliphatic rings. The first-order valence-corrected chi connectivity index (χ1v) is 10.3. The fraction of sp³-hybridized carbons (Fsp3) is 0.667. The second kappa shape index (κ2) is 18.2. The number of hydrogen-bond donors (Lipinski definition) is 2. The molecule has 0 spiro atoms. The number of aliphatic imine (C=N–C) groups is 1. The van der Waals surface area contributed by atoms with Gasteiger partial charge >= 0.3 is 6.18 Å². The van der Waals surface area contributed by atoms with Gasteiger partial charge in [-0.1, -0.05) is 0 Å². The van der Waals surface area contributed by atoms with E-state index >= 15 is 0 Å². The molecule has 0 atom stereocenters. The van der Waals surface area contributed by atoms with Crippen molar-refractivity contribution >= 4 is 35.6 Å². The summed E-state index contributed by atoms with van der Waals surface area (Å²) in [6, 6.07) is 7.45. The Morgan fingerprint density at radius 1 is 1.00 bits per heavy atom. The van der Waals surface area contributed by atoms with Crippen molar-refractivity contribution in [3.8, 4) is 5.75 Å². The second-order valence-corrected chi connectivity index (χ2v) is 6.95. The fourth-order valence-electron chi connectivity index (χ4n) is 2.34. The number of rotatable bonds is 15. The highest BCUT2D eigenvalue weighted by Gasteiger charge is 2.27. The third-order valence-electron chi connectivity index (χ3n) is 3.66. The maximum Gasteiger partial charge on any atom is 0.411 e. The maximum absolute atomic E-state index is 12.1. The van der Waals surface area contributed by atoms with Gasteiger partial charge in [0.1, 0.15) is 12.4 Å². The molecular weight excluding hydrogens is 542 g/mol. The van der Waals surface area contributed by atoms with Gasteiger partial charge in [0.15, 0.2) is 5.96 Å². The van der Waals surface area contributed by atoms with Gasteiger partial charge in [0.2, 0.25) is 0 Å². The minimum absolute atomic E-state index is 0. The summed E-state index contributed by atoms with van der Waals surface area (Å²) in [6.45, 7) is 5.28. The van der Waals surface area contributed by atoms with Gasteiger partial charge < -0.3 is 29.6 Å². The zero-order valence-corrected chi connectivity index (χ0v) is 21.2. The van der Waals surface area contributed by atoms with E-state index in [-0.39, 0.29) is 36.7 Å². The minimum Gasteiger partial charge on any atom is -0.491 e. The van der Waals surface area contributed by atoms with Crippen molar-refractivity contribution in [2.45, 2.75) is 39.0 Å². The Hall–Kier alpha value is -1.31. The van der Waals surface area contributed by atoms with Gasteiger partial charge in [-0.25, -0.2) is 0 Å². The molecule has 0 bridgehead atoms. The normalized spacial score (nSPS) is 11.9. The molecular formula is C21H35F3IN3O4. The molecule has 2 N–H and O–H groups in total. The molecule has 0 heterocycles. The fourth-order valence-corrected chi connectivity index (χ4v) is 2.34. The Labute approximate surface area is 205 Å². The zero-order chi connectivity index (χ0) is 23.0. The number of nitrogens with zero attached hydrogens (tertiary/aromatic N) is 1. The van der Waals surface area contributed by atoms with E-state index in [0.717, 1.165) is 17.9 Å². The van der Waals surface area contributed by atoms with E-state index in [1.807, 2.05) is 38.1 Å². The van der Waals surface area contributed by atoms with Crippen molar-refractivity contribution in [2.75, 3.05) is 58.6 Å². The molecule has 0 radical (unpaired) electrons. The van der Waals surface area contributed by atoms with Gasteiger partial charge in [0.05, 0.1) is 19.3 Å². The third-order valence-corrected chi connectivity index (χ3v) is 3.66. The zero-order valence-electron chi connectivity index (χ0n) is 18.9. The quantitative estimate of drug-likeness (QED) is 0.139. The molecule has 0 unspecified atom stereocenters. The molecule has 32 heavy (non-hydrogen) atoms. The van der Waals surface area contributed by atoms with Crippen molar-refractivity contribution in [2.24, 2.45) is 4.99 Å². The van der Waals surface area contributed by atoms with Crippen LogP contribution in [0, 0.1) is 0 Å². The first-order chi connectivity index (χ1) is 14.8. The number of nitrogens with one attached hydrogen (secondary N) is 2. The molecule has 0 saturated carbocycles. The number of guanidine groups is 1. The van der Waals surface area contributed by atoms with Crippen LogP contribution in [0.25, 0.3) is 0 Å². The van der Waals surface area contributed by atoms with Crippen LogP contribution in [0.2, 0.25) is 0 Å². The summed E-state index contributed by atoms with van der Waals surface area (Å²) in [6.07, 6.45) is -3.08. The Bertz CT molecular complexity index is 617. The molecule has 0 aliphatic carbocycles. The van der Waals surface area contributed by atoms with Crippen LogP contribution in [-0.2, 0) is 14.2 Å². The van der Waals surface area contributed by atoms with Crippen molar-refractivity contribution in [1.29, 1.82) is 0 Å². The van der Waals surface area contributed by atoms with E-state index in [1.54, 1.807) is 7.11 Å². The van der Waals surface area contributed by atoms with Crippen LogP contribution < -0.4 is 15.4 Å². The van der Waals surface area contributed by atoms with Crippen LogP contribution in [0.1, 0.15) is 26.7 Å². The van der Waals surface area contributed by atoms with Crippen LogP contribution in [0.3, 0.4) is 0 Å². The Morgan fingerprint density at radius 3 is 2.31 bits per heavy atom. The van der Waals surface area contributed by atoms with E-state index in [1.165, 1.54) is 0 Å². The summed E-state index contributed by atoms with van der Waals surface area (Å²) in [7, 11) is 1.62. The second-order valence-electron chi connectivity index (χ2n) is 6.95. The van der Waals surface area contributed by atoms with E-state index in [0.29, 0.717) is 45.3 Å². The molecule has 0 saturated heterocycles. The predicted molar refractivity (Wildman–Crippen MR) is 130 cm³/mol. The van der Waals surface area contributed by atoms with Crippen LogP contribution in [0.4, 0.5) is 18.9 Å². The lowest BCUT2D eigenvalue weighted by molar-refractivity contribution is -0.173. The monoisotopic (exact) mass is 577 g/mol. The Morgan fingerprint density at radius 2 is 1.69 bits per heavy atom. The lowest BCUT2D eigenvalue weighted by atomic mass is 10.3. The predicted octanol–water partition coefficient (Wildman–Crippen LogP) is 4.47. The number of methoxy groups -OCH3 is 1. The number of ether oxygens (including phenoxy) is 4. The number of benzene rings is 1. The van der Waals surface area contributed by atoms with Gasteiger partial charge in [0, 0.05) is 39.1 Å². The lowest BCUT2D eigenvalue weighted by Gasteiger charge is -2.14. The summed E-state index contributed by atoms with van der Waals surface area (Å²) in [5.41, 5.74) is 0.812. The van der Waals surface area contributed by atoms with Crippen LogP contribution in [-0.4, -0.2) is 71.5 Å². The number of anilines is 1. The van der Waals surface area contributed by atoms with Crippen LogP contribution in [0.5, 0.6) is 5.75 Å². The van der Waals surface area contributed by atoms with Gasteiger partial charge in [0.25, 0.3) is 0 Å². The smallest absolute Gasteiger partial charge is 0.411 e. The van der Waals surface area contributed by atoms with E-state index in [4.69, 9.17) is 14.2 Å². The average molecular weight is 577 g/mol. The summed E-state index contributed by atoms with van der Waals surface area (Å²) in [5.74, 6) is 1.30. The molecule has 0 fully saturated rings. The van der Waals surface area contributed by atoms with Crippen molar-refractivity contribution in [3.05, 3.63) is 24.3 Å². The van der Waals surface area contributed by atoms with Crippen molar-refractivity contribution in [3.63, 3.8) is 0 Å². The van der Waals surface area contributed by atoms with E-state index < -0.39 is 12.8 Å². The Kier molecular flexibility index (Phi) is 17.4. The number of alkyl halides is 3. The van der Waals surface area contributed by atoms with Crippen molar-refractivity contribution < 1.29 is 32.1 Å². The molecule has 1 rings (SSSR count). The average Bonchev–Trinajstić information content (AvgIpc) is 2.69. The lowest BCUT2D eigenvalue weighted by Crippen LogP contribution is -2.32. The molecule has 11 heteroatoms. The van der Waals surface area contributed by atoms with Gasteiger partial charge in [-0.3, -0.25) is 4.99 Å². The van der Waals surface area contributed by atoms with Crippen molar-refractivity contribution in [1.82, 2.24) is 5.32 Å². The molecule has 186 valence electrons. The molecule has 0 aromatic heterocycles. The molecule has 7 nitrogen and oxygen atoms in total. The highest BCUT2D eigenvalue weighted by atomic mass is 127. The maximum atomic E-state index is 12.1. The summed E-state index contributed by atoms with van der Waals surface area (Å²) in [5, 5.41) is 6.38. The summed E-state index contributed by atoms with van der Waals surface area (Å²) >= 11 is 0. The number of halogens is 4. The highest BCUT2D eigenvalue weighted by Crippen LogP contribution is 2.17. The first kappa shape index (κ1) is 30.7. The first-order valence-electron chi connectivity index (χ1n) is 10.3. The van der Waals surface area contributed by atoms with E-state index in [2.05, 4.69) is 20.4 Å². The molecule has 0 aliphatic heterocycles. The largest absolute Gasteiger partial charge is 0.491 e. The Balaban J connectivity index is 0.00000961. The summed E-state index contributed by atoms with van der Waals surface area (Å²) in [4.78, 5) is 4.41. The molecule has 1 aromatic carbocycles. The molecule has 1 aromatic rings. The van der Waals surface area contributed by atoms with Crippen LogP contribution >= 0.6 is 24.0 Å². The minimum atomic E-state index is -4.31. The molecule has 0 amide bonds. The number of hydrogen-bond acceptors (Lipinski definition) is 5. The SMILES string of the molecule is COCCOCCCNC(=NCCCOCC(F)(F)F)Nc1ccc(OC(C)C)cc1.I. The standard InChI is InChI=1S/C21H34F3N3O4.HI/c1-17(2)31-19-8-6-18(7-9-19)27-20(25-10-4-12-29-15-14-28-3)26-11-5-13-30-16-21(22,23)24;/h6-9,17H,4-5,10-16H2,1-3H3,(H2,25,26,27);1H. The van der Waals surface area contributed by atoms with E-state index in [9.17, 15) is 13.2 Å². The van der Waals surface area contributed by atoms with Gasteiger partial charge in [-0.15, -0.1) is 24.0 Å².